The minimum absolute atomic E-state index is 0.223. The molecule has 2 rings (SSSR count). The van der Waals surface area contributed by atoms with Gasteiger partial charge in [0.15, 0.2) is 0 Å². The molecule has 1 unspecified atom stereocenters. The van der Waals surface area contributed by atoms with Crippen molar-refractivity contribution in [2.75, 3.05) is 19.6 Å². The third-order valence-corrected chi connectivity index (χ3v) is 2.58. The van der Waals surface area contributed by atoms with Crippen molar-refractivity contribution in [1.29, 1.82) is 0 Å². The molecular weight excluding hydrogens is 210 g/mol. The summed E-state index contributed by atoms with van der Waals surface area (Å²) in [5.41, 5.74) is 5.69. The summed E-state index contributed by atoms with van der Waals surface area (Å²) < 4.78 is 0. The minimum Gasteiger partial charge on any atom is -0.368 e. The van der Waals surface area contributed by atoms with Crippen molar-refractivity contribution in [3.63, 3.8) is 0 Å². The summed E-state index contributed by atoms with van der Waals surface area (Å²) in [4.78, 5) is 24.7. The molecule has 0 radical (unpaired) electrons. The zero-order chi connectivity index (χ0) is 11.5. The van der Waals surface area contributed by atoms with Gasteiger partial charge >= 0.3 is 0 Å². The fraction of sp³-hybridized carbons (Fsp3) is 0.444. The van der Waals surface area contributed by atoms with Gasteiger partial charge < -0.3 is 16.0 Å². The Kier molecular flexibility index (Phi) is 2.86. The summed E-state index contributed by atoms with van der Waals surface area (Å²) in [5.74, 6) is -0.719. The molecule has 0 aromatic carbocycles. The van der Waals surface area contributed by atoms with Gasteiger partial charge in [-0.15, -0.1) is 0 Å². The number of primary amides is 1. The molecule has 0 bridgehead atoms. The van der Waals surface area contributed by atoms with Crippen molar-refractivity contribution >= 4 is 11.8 Å². The Labute approximate surface area is 92.0 Å². The summed E-state index contributed by atoms with van der Waals surface area (Å²) in [6.45, 7) is 1.53. The van der Waals surface area contributed by atoms with Crippen molar-refractivity contribution < 1.29 is 9.59 Å². The number of aromatic amines is 1. The van der Waals surface area contributed by atoms with Crippen LogP contribution in [0.5, 0.6) is 0 Å². The van der Waals surface area contributed by atoms with E-state index in [0.717, 1.165) is 0 Å². The molecule has 0 spiro atoms. The Morgan fingerprint density at radius 2 is 2.38 bits per heavy atom. The predicted molar refractivity (Wildman–Crippen MR) is 55.5 cm³/mol. The number of H-pyrrole nitrogens is 1. The highest BCUT2D eigenvalue weighted by molar-refractivity contribution is 5.97. The minimum atomic E-state index is -0.587. The molecule has 1 aromatic heterocycles. The fourth-order valence-electron chi connectivity index (χ4n) is 1.74. The van der Waals surface area contributed by atoms with Gasteiger partial charge in [-0.3, -0.25) is 14.7 Å². The van der Waals surface area contributed by atoms with E-state index in [1.165, 1.54) is 17.3 Å². The third kappa shape index (κ3) is 1.89. The van der Waals surface area contributed by atoms with Gasteiger partial charge in [-0.2, -0.15) is 5.10 Å². The van der Waals surface area contributed by atoms with E-state index >= 15 is 0 Å². The van der Waals surface area contributed by atoms with Crippen molar-refractivity contribution in [1.82, 2.24) is 20.4 Å². The number of aromatic nitrogens is 2. The largest absolute Gasteiger partial charge is 0.368 e. The monoisotopic (exact) mass is 223 g/mol. The zero-order valence-corrected chi connectivity index (χ0v) is 8.64. The summed E-state index contributed by atoms with van der Waals surface area (Å²) in [7, 11) is 0. The standard InChI is InChI=1S/C9H13N5O2/c10-8(15)7-5-11-1-2-14(7)9(16)6-3-12-13-4-6/h3-4,7,11H,1-2,5H2,(H2,10,15)(H,12,13). The van der Waals surface area contributed by atoms with Crippen LogP contribution in [0.3, 0.4) is 0 Å². The number of hydrogen-bond donors (Lipinski definition) is 3. The lowest BCUT2D eigenvalue weighted by Gasteiger charge is -2.33. The number of carbonyl (C=O) groups is 2. The van der Waals surface area contributed by atoms with Gasteiger partial charge in [0, 0.05) is 25.8 Å². The first-order valence-corrected chi connectivity index (χ1v) is 5.00. The van der Waals surface area contributed by atoms with E-state index < -0.39 is 11.9 Å². The van der Waals surface area contributed by atoms with E-state index in [-0.39, 0.29) is 5.91 Å². The lowest BCUT2D eigenvalue weighted by atomic mass is 10.1. The maximum absolute atomic E-state index is 12.0. The van der Waals surface area contributed by atoms with Gasteiger partial charge in [0.25, 0.3) is 5.91 Å². The molecule has 16 heavy (non-hydrogen) atoms. The quantitative estimate of drug-likeness (QED) is 0.556. The lowest BCUT2D eigenvalue weighted by Crippen LogP contribution is -2.58. The van der Waals surface area contributed by atoms with E-state index in [1.54, 1.807) is 0 Å². The number of piperazine rings is 1. The highest BCUT2D eigenvalue weighted by atomic mass is 16.2. The molecule has 0 saturated carbocycles. The Morgan fingerprint density at radius 1 is 1.56 bits per heavy atom. The number of nitrogens with zero attached hydrogens (tertiary/aromatic N) is 2. The average molecular weight is 223 g/mol. The maximum atomic E-state index is 12.0. The molecule has 7 nitrogen and oxygen atoms in total. The molecular formula is C9H13N5O2. The second kappa shape index (κ2) is 4.31. The van der Waals surface area contributed by atoms with Crippen molar-refractivity contribution in [2.45, 2.75) is 6.04 Å². The molecule has 1 aliphatic heterocycles. The van der Waals surface area contributed by atoms with E-state index in [9.17, 15) is 9.59 Å². The maximum Gasteiger partial charge on any atom is 0.257 e. The molecule has 1 aliphatic rings. The van der Waals surface area contributed by atoms with Crippen molar-refractivity contribution in [2.24, 2.45) is 5.73 Å². The first-order valence-electron chi connectivity index (χ1n) is 5.00. The van der Waals surface area contributed by atoms with Crippen molar-refractivity contribution in [3.8, 4) is 0 Å². The number of hydrogen-bond acceptors (Lipinski definition) is 4. The molecule has 4 N–H and O–H groups in total. The van der Waals surface area contributed by atoms with Crippen LogP contribution in [0.25, 0.3) is 0 Å². The van der Waals surface area contributed by atoms with Gasteiger partial charge in [0.2, 0.25) is 5.91 Å². The number of nitrogens with two attached hydrogens (primary N) is 1. The van der Waals surface area contributed by atoms with Gasteiger partial charge in [-0.25, -0.2) is 0 Å². The molecule has 7 heteroatoms. The molecule has 1 saturated heterocycles. The highest BCUT2D eigenvalue weighted by Gasteiger charge is 2.31. The molecule has 1 fully saturated rings. The summed E-state index contributed by atoms with van der Waals surface area (Å²) in [6, 6.07) is -0.587. The highest BCUT2D eigenvalue weighted by Crippen LogP contribution is 2.09. The SMILES string of the molecule is NC(=O)C1CNCCN1C(=O)c1cn[nH]c1. The van der Waals surface area contributed by atoms with Crippen LogP contribution >= 0.6 is 0 Å². The molecule has 0 aliphatic carbocycles. The van der Waals surface area contributed by atoms with E-state index in [4.69, 9.17) is 5.73 Å². The lowest BCUT2D eigenvalue weighted by molar-refractivity contribution is -0.122. The average Bonchev–Trinajstić information content (AvgIpc) is 2.81. The van der Waals surface area contributed by atoms with Gasteiger partial charge in [0.05, 0.1) is 11.8 Å². The Bertz CT molecular complexity index is 389. The smallest absolute Gasteiger partial charge is 0.257 e. The Hall–Kier alpha value is -1.89. The Balaban J connectivity index is 2.17. The first kappa shape index (κ1) is 10.6. The number of rotatable bonds is 2. The van der Waals surface area contributed by atoms with Crippen LogP contribution < -0.4 is 11.1 Å². The fourth-order valence-corrected chi connectivity index (χ4v) is 1.74. The van der Waals surface area contributed by atoms with E-state index in [2.05, 4.69) is 15.5 Å². The third-order valence-electron chi connectivity index (χ3n) is 2.58. The van der Waals surface area contributed by atoms with E-state index in [0.29, 0.717) is 25.2 Å². The van der Waals surface area contributed by atoms with Crippen LogP contribution in [0, 0.1) is 0 Å². The van der Waals surface area contributed by atoms with Gasteiger partial charge in [0.1, 0.15) is 6.04 Å². The topological polar surface area (TPSA) is 104 Å². The van der Waals surface area contributed by atoms with Crippen LogP contribution in [-0.2, 0) is 4.79 Å². The normalized spacial score (nSPS) is 20.8. The zero-order valence-electron chi connectivity index (χ0n) is 8.64. The van der Waals surface area contributed by atoms with Gasteiger partial charge in [-0.1, -0.05) is 0 Å². The Morgan fingerprint density at radius 3 is 3.00 bits per heavy atom. The molecule has 2 heterocycles. The molecule has 1 atom stereocenters. The van der Waals surface area contributed by atoms with Crippen LogP contribution in [0.15, 0.2) is 12.4 Å². The first-order chi connectivity index (χ1) is 7.70. The molecule has 1 aromatic rings. The second-order valence-corrected chi connectivity index (χ2v) is 3.61. The second-order valence-electron chi connectivity index (χ2n) is 3.61. The summed E-state index contributed by atoms with van der Waals surface area (Å²) in [6.07, 6.45) is 2.94. The predicted octanol–water partition coefficient (Wildman–Crippen LogP) is -1.69. The van der Waals surface area contributed by atoms with E-state index in [1.807, 2.05) is 0 Å². The number of nitrogens with one attached hydrogen (secondary N) is 2. The van der Waals surface area contributed by atoms with Crippen LogP contribution in [0.4, 0.5) is 0 Å². The van der Waals surface area contributed by atoms with Crippen molar-refractivity contribution in [3.05, 3.63) is 18.0 Å². The number of carbonyl (C=O) groups excluding carboxylic acids is 2. The summed E-state index contributed by atoms with van der Waals surface area (Å²) in [5, 5.41) is 9.30. The van der Waals surface area contributed by atoms with Crippen LogP contribution in [-0.4, -0.2) is 52.6 Å². The number of amides is 2. The summed E-state index contributed by atoms with van der Waals surface area (Å²) >= 11 is 0. The van der Waals surface area contributed by atoms with Crippen LogP contribution in [0.2, 0.25) is 0 Å². The molecule has 86 valence electrons. The van der Waals surface area contributed by atoms with Crippen LogP contribution in [0.1, 0.15) is 10.4 Å². The molecule has 2 amide bonds. The van der Waals surface area contributed by atoms with Gasteiger partial charge in [-0.05, 0) is 0 Å².